The van der Waals surface area contributed by atoms with Gasteiger partial charge in [0.1, 0.15) is 11.9 Å². The Labute approximate surface area is 200 Å². The van der Waals surface area contributed by atoms with E-state index in [1.165, 1.54) is 15.8 Å². The zero-order chi connectivity index (χ0) is 24.9. The molecule has 2 aliphatic heterocycles. The van der Waals surface area contributed by atoms with Crippen molar-refractivity contribution >= 4 is 29.4 Å². The van der Waals surface area contributed by atoms with Crippen molar-refractivity contribution in [2.75, 3.05) is 5.32 Å². The lowest BCUT2D eigenvalue weighted by atomic mass is 10.0. The summed E-state index contributed by atoms with van der Waals surface area (Å²) in [4.78, 5) is 51.0. The van der Waals surface area contributed by atoms with Crippen LogP contribution in [0.4, 0.5) is 5.82 Å². The average molecular weight is 476 g/mol. The lowest BCUT2D eigenvalue weighted by molar-refractivity contribution is -0.136. The van der Waals surface area contributed by atoms with Crippen LogP contribution < -0.4 is 10.6 Å². The molecule has 1 saturated heterocycles. The van der Waals surface area contributed by atoms with Crippen LogP contribution in [0.2, 0.25) is 0 Å². The predicted molar refractivity (Wildman–Crippen MR) is 123 cm³/mol. The maximum Gasteiger partial charge on any atom is 0.279 e. The van der Waals surface area contributed by atoms with Gasteiger partial charge in [-0.3, -0.25) is 24.5 Å². The molecule has 3 aromatic rings. The number of nitrogens with one attached hydrogen (secondary N) is 2. The maximum absolute atomic E-state index is 13.1. The van der Waals surface area contributed by atoms with E-state index in [0.29, 0.717) is 23.5 Å². The van der Waals surface area contributed by atoms with Gasteiger partial charge in [0.15, 0.2) is 5.69 Å². The zero-order valence-corrected chi connectivity index (χ0v) is 19.5. The van der Waals surface area contributed by atoms with Gasteiger partial charge in [0, 0.05) is 24.6 Å². The van der Waals surface area contributed by atoms with Gasteiger partial charge in [-0.2, -0.15) is 5.10 Å². The third kappa shape index (κ3) is 4.07. The molecule has 0 bridgehead atoms. The Hall–Kier alpha value is -4.35. The van der Waals surface area contributed by atoms with Gasteiger partial charge in [-0.05, 0) is 44.9 Å². The molecule has 1 unspecified atom stereocenters. The first-order chi connectivity index (χ1) is 16.6. The summed E-state index contributed by atoms with van der Waals surface area (Å²) in [7, 11) is 0. The van der Waals surface area contributed by atoms with Gasteiger partial charge in [-0.15, -0.1) is 5.10 Å². The summed E-state index contributed by atoms with van der Waals surface area (Å²) in [5.74, 6) is -0.976. The van der Waals surface area contributed by atoms with E-state index in [2.05, 4.69) is 26.0 Å². The molecule has 0 radical (unpaired) electrons. The summed E-state index contributed by atoms with van der Waals surface area (Å²) >= 11 is 0. The molecule has 2 aromatic heterocycles. The molecule has 2 aliphatic rings. The quantitative estimate of drug-likeness (QED) is 0.539. The first-order valence-corrected chi connectivity index (χ1v) is 11.2. The Bertz CT molecular complexity index is 1370. The van der Waals surface area contributed by atoms with Crippen molar-refractivity contribution in [2.45, 2.75) is 51.7 Å². The van der Waals surface area contributed by atoms with Crippen molar-refractivity contribution in [2.24, 2.45) is 0 Å². The van der Waals surface area contributed by atoms with Gasteiger partial charge in [0.2, 0.25) is 11.8 Å². The van der Waals surface area contributed by atoms with Gasteiger partial charge >= 0.3 is 0 Å². The van der Waals surface area contributed by atoms with E-state index in [-0.39, 0.29) is 36.0 Å². The number of hydrogen-bond donors (Lipinski definition) is 2. The fraction of sp³-hybridized carbons (Fsp3) is 0.348. The van der Waals surface area contributed by atoms with E-state index >= 15 is 0 Å². The number of hydrogen-bond acceptors (Lipinski definition) is 7. The van der Waals surface area contributed by atoms with Crippen LogP contribution in [0.1, 0.15) is 60.0 Å². The summed E-state index contributed by atoms with van der Waals surface area (Å²) in [6, 6.07) is 6.24. The Balaban J connectivity index is 1.34. The van der Waals surface area contributed by atoms with Gasteiger partial charge in [0.25, 0.3) is 11.8 Å². The largest absolute Gasteiger partial charge is 0.322 e. The van der Waals surface area contributed by atoms with Crippen molar-refractivity contribution < 1.29 is 19.2 Å². The highest BCUT2D eigenvalue weighted by molar-refractivity contribution is 6.05. The Morgan fingerprint density at radius 3 is 2.71 bits per heavy atom. The third-order valence-electron chi connectivity index (χ3n) is 6.02. The molecular formula is C23H24N8O4. The number of nitrogens with zero attached hydrogens (tertiary/aromatic N) is 6. The minimum atomic E-state index is -0.681. The predicted octanol–water partition coefficient (Wildman–Crippen LogP) is 1.23. The van der Waals surface area contributed by atoms with Gasteiger partial charge in [0.05, 0.1) is 23.6 Å². The van der Waals surface area contributed by atoms with E-state index < -0.39 is 17.9 Å². The van der Waals surface area contributed by atoms with E-state index in [1.54, 1.807) is 35.1 Å². The number of piperidine rings is 1. The molecular weight excluding hydrogens is 452 g/mol. The Kier molecular flexibility index (Phi) is 5.23. The molecule has 1 aromatic carbocycles. The molecule has 0 aliphatic carbocycles. The summed E-state index contributed by atoms with van der Waals surface area (Å²) in [5, 5.41) is 17.4. The van der Waals surface area contributed by atoms with Crippen LogP contribution in [0, 0.1) is 0 Å². The molecule has 5 rings (SSSR count). The number of fused-ring (bicyclic) bond motifs is 1. The number of carbonyl (C=O) groups is 4. The SMILES string of the molecule is CC(C)(C)n1nccc1NC(=O)c1cn(-c2ccc3c(c2)C(=O)N(C2CCC(=O)NC2=O)C3)nn1. The highest BCUT2D eigenvalue weighted by Crippen LogP contribution is 2.29. The van der Waals surface area contributed by atoms with Crippen molar-refractivity contribution in [1.29, 1.82) is 0 Å². The van der Waals surface area contributed by atoms with E-state index in [1.807, 2.05) is 20.8 Å². The number of rotatable bonds is 4. The van der Waals surface area contributed by atoms with Crippen LogP contribution in [0.25, 0.3) is 5.69 Å². The van der Waals surface area contributed by atoms with Crippen LogP contribution in [-0.4, -0.2) is 59.3 Å². The summed E-state index contributed by atoms with van der Waals surface area (Å²) in [5.41, 5.74) is 1.56. The van der Waals surface area contributed by atoms with Gasteiger partial charge in [-0.1, -0.05) is 11.3 Å². The minimum Gasteiger partial charge on any atom is -0.322 e. The second-order valence-electron chi connectivity index (χ2n) is 9.54. The number of imide groups is 1. The first-order valence-electron chi connectivity index (χ1n) is 11.2. The lowest BCUT2D eigenvalue weighted by Crippen LogP contribution is -2.52. The van der Waals surface area contributed by atoms with E-state index in [9.17, 15) is 19.2 Å². The standard InChI is InChI=1S/C23H24N8O4/c1-23(2,3)31-18(8-9-24-31)25-20(33)16-12-30(28-27-16)14-5-4-13-11-29(22(35)15(13)10-14)17-6-7-19(32)26-21(17)34/h4-5,8-10,12,17H,6-7,11H2,1-3H3,(H,25,33)(H,26,32,34). The normalized spacial score (nSPS) is 18.0. The van der Waals surface area contributed by atoms with Crippen LogP contribution in [0.3, 0.4) is 0 Å². The molecule has 0 spiro atoms. The molecule has 4 amide bonds. The lowest BCUT2D eigenvalue weighted by Gasteiger charge is -2.29. The summed E-state index contributed by atoms with van der Waals surface area (Å²) < 4.78 is 3.12. The number of benzene rings is 1. The number of anilines is 1. The molecule has 12 heteroatoms. The molecule has 0 saturated carbocycles. The number of aromatic nitrogens is 5. The van der Waals surface area contributed by atoms with E-state index in [0.717, 1.165) is 5.56 Å². The van der Waals surface area contributed by atoms with Crippen LogP contribution in [0.15, 0.2) is 36.7 Å². The molecule has 180 valence electrons. The van der Waals surface area contributed by atoms with Crippen LogP contribution in [-0.2, 0) is 21.7 Å². The third-order valence-corrected chi connectivity index (χ3v) is 6.02. The van der Waals surface area contributed by atoms with Crippen molar-refractivity contribution in [3.63, 3.8) is 0 Å². The highest BCUT2D eigenvalue weighted by Gasteiger charge is 2.39. The van der Waals surface area contributed by atoms with Gasteiger partial charge < -0.3 is 10.2 Å². The van der Waals surface area contributed by atoms with Crippen molar-refractivity contribution in [3.8, 4) is 5.69 Å². The van der Waals surface area contributed by atoms with Gasteiger partial charge in [-0.25, -0.2) is 9.36 Å². The minimum absolute atomic E-state index is 0.101. The first kappa shape index (κ1) is 22.4. The van der Waals surface area contributed by atoms with E-state index in [4.69, 9.17) is 0 Å². The molecule has 1 fully saturated rings. The molecule has 4 heterocycles. The van der Waals surface area contributed by atoms with Crippen LogP contribution >= 0.6 is 0 Å². The number of amides is 4. The second kappa shape index (κ2) is 8.15. The smallest absolute Gasteiger partial charge is 0.279 e. The highest BCUT2D eigenvalue weighted by atomic mass is 16.2. The monoisotopic (exact) mass is 476 g/mol. The molecule has 12 nitrogen and oxygen atoms in total. The van der Waals surface area contributed by atoms with Crippen LogP contribution in [0.5, 0.6) is 0 Å². The molecule has 1 atom stereocenters. The maximum atomic E-state index is 13.1. The van der Waals surface area contributed by atoms with Crippen molar-refractivity contribution in [3.05, 3.63) is 53.5 Å². The Morgan fingerprint density at radius 1 is 1.17 bits per heavy atom. The Morgan fingerprint density at radius 2 is 1.97 bits per heavy atom. The van der Waals surface area contributed by atoms with Crippen molar-refractivity contribution in [1.82, 2.24) is 35.0 Å². The summed E-state index contributed by atoms with van der Waals surface area (Å²) in [6.07, 6.45) is 3.58. The second-order valence-corrected chi connectivity index (χ2v) is 9.54. The average Bonchev–Trinajstić information content (AvgIpc) is 3.53. The summed E-state index contributed by atoms with van der Waals surface area (Å²) in [6.45, 7) is 6.21. The molecule has 35 heavy (non-hydrogen) atoms. The molecule has 2 N–H and O–H groups in total. The zero-order valence-electron chi connectivity index (χ0n) is 19.5. The fourth-order valence-electron chi connectivity index (χ4n) is 4.29. The fourth-order valence-corrected chi connectivity index (χ4v) is 4.29. The topological polar surface area (TPSA) is 144 Å². The number of carbonyl (C=O) groups excluding carboxylic acids is 4.